The topological polar surface area (TPSA) is 13.1 Å². The molecule has 0 aliphatic heterocycles. The van der Waals surface area contributed by atoms with E-state index in [0.29, 0.717) is 0 Å². The lowest BCUT2D eigenvalue weighted by atomic mass is 9.84. The predicted molar refractivity (Wildman–Crippen MR) is 208 cm³/mol. The monoisotopic (exact) mass is 618 g/mol. The molecular weight excluding hydrogens is 581 g/mol. The molecule has 0 bridgehead atoms. The summed E-state index contributed by atoms with van der Waals surface area (Å²) in [5.41, 5.74) is 12.3. The summed E-state index contributed by atoms with van der Waals surface area (Å²) in [6.45, 7) is 10.6. The van der Waals surface area contributed by atoms with Crippen molar-refractivity contribution in [1.29, 1.82) is 0 Å². The molecule has 0 radical (unpaired) electrons. The second-order valence-electron chi connectivity index (χ2n) is 12.1. The normalized spacial score (nSPS) is 15.0. The van der Waals surface area contributed by atoms with Crippen molar-refractivity contribution in [2.45, 2.75) is 33.6 Å². The van der Waals surface area contributed by atoms with Crippen LogP contribution in [0.1, 0.15) is 44.9 Å². The fourth-order valence-electron chi connectivity index (χ4n) is 7.52. The summed E-state index contributed by atoms with van der Waals surface area (Å²) in [7, 11) is 0. The zero-order valence-corrected chi connectivity index (χ0v) is 27.8. The number of benzene rings is 5. The van der Waals surface area contributed by atoms with E-state index < -0.39 is 0 Å². The molecule has 48 heavy (non-hydrogen) atoms. The quantitative estimate of drug-likeness (QED) is 0.169. The molecule has 1 aromatic heterocycles. The highest BCUT2D eigenvalue weighted by Crippen LogP contribution is 2.42. The van der Waals surface area contributed by atoms with Gasteiger partial charge in [-0.05, 0) is 111 Å². The minimum Gasteiger partial charge on any atom is -0.456 e. The summed E-state index contributed by atoms with van der Waals surface area (Å²) in [6, 6.07) is 34.6. The maximum Gasteiger partial charge on any atom is 0.136 e. The first kappa shape index (κ1) is 30.8. The van der Waals surface area contributed by atoms with Crippen LogP contribution < -0.4 is 10.4 Å². The van der Waals surface area contributed by atoms with Crippen molar-refractivity contribution in [1.82, 2.24) is 0 Å². The van der Waals surface area contributed by atoms with Crippen LogP contribution in [0.15, 0.2) is 137 Å². The molecule has 0 saturated carbocycles. The Hall–Kier alpha value is -5.84. The van der Waals surface area contributed by atoms with E-state index in [9.17, 15) is 0 Å². The highest BCUT2D eigenvalue weighted by Gasteiger charge is 2.23. The number of allylic oxidation sites excluding steroid dienone is 5. The molecule has 0 spiro atoms. The fourth-order valence-corrected chi connectivity index (χ4v) is 7.52. The lowest BCUT2D eigenvalue weighted by Crippen LogP contribution is -2.29. The highest BCUT2D eigenvalue weighted by molar-refractivity contribution is 6.12. The van der Waals surface area contributed by atoms with Gasteiger partial charge in [-0.2, -0.15) is 0 Å². The Balaban J connectivity index is 1.55. The molecule has 7 rings (SSSR count). The summed E-state index contributed by atoms with van der Waals surface area (Å²) < 4.78 is 6.63. The van der Waals surface area contributed by atoms with E-state index in [-0.39, 0.29) is 0 Å². The van der Waals surface area contributed by atoms with Crippen molar-refractivity contribution in [2.24, 2.45) is 0 Å². The molecule has 0 amide bonds. The van der Waals surface area contributed by atoms with Gasteiger partial charge < -0.3 is 4.42 Å². The standard InChI is InChI=1S/C47H38O/c1-6-19-31-28-29-33(34(31)7-2)30-44-37(10-5)47-42(26-18-27-43(47)48-44)46-36(9-4)35(8-3)45(40-24-16-17-25-41(40)46)39-23-15-14-22-38(39)32-20-12-11-13-21-32/h2,6,8-27,30H,5,28-29H2,1,3-4H3/b19-6-,33-30+,35-8+,36-9+. The van der Waals surface area contributed by atoms with E-state index in [1.54, 1.807) is 0 Å². The first-order chi connectivity index (χ1) is 23.6. The van der Waals surface area contributed by atoms with Gasteiger partial charge in [-0.3, -0.25) is 0 Å². The van der Waals surface area contributed by atoms with Crippen molar-refractivity contribution < 1.29 is 4.42 Å². The van der Waals surface area contributed by atoms with Crippen LogP contribution in [-0.4, -0.2) is 0 Å². The van der Waals surface area contributed by atoms with Crippen LogP contribution in [0.5, 0.6) is 0 Å². The summed E-state index contributed by atoms with van der Waals surface area (Å²) in [6.07, 6.45) is 20.6. The zero-order valence-electron chi connectivity index (χ0n) is 27.8. The largest absolute Gasteiger partial charge is 0.456 e. The first-order valence-electron chi connectivity index (χ1n) is 16.7. The molecule has 6 aromatic rings. The number of fused-ring (bicyclic) bond motifs is 2. The Bertz CT molecular complexity index is 2490. The van der Waals surface area contributed by atoms with Crippen LogP contribution in [-0.2, 0) is 0 Å². The molecule has 232 valence electrons. The SMILES string of the molecule is C#CC1=C(/C=C\C)CC/C1=C\c1oc2cccc(-c3c(=C/C)/c(=C\C)c(-c4ccccc4-c4ccccc4)c4ccccc34)c2c1C=C. The Morgan fingerprint density at radius 1 is 0.708 bits per heavy atom. The number of hydrogen-bond acceptors (Lipinski definition) is 1. The van der Waals surface area contributed by atoms with Crippen molar-refractivity contribution >= 4 is 46.0 Å². The number of furan rings is 1. The molecule has 0 fully saturated rings. The van der Waals surface area contributed by atoms with Crippen molar-refractivity contribution in [3.63, 3.8) is 0 Å². The Labute approximate surface area is 283 Å². The minimum absolute atomic E-state index is 0.791. The van der Waals surface area contributed by atoms with Gasteiger partial charge in [0.15, 0.2) is 0 Å². The Morgan fingerprint density at radius 3 is 1.98 bits per heavy atom. The van der Waals surface area contributed by atoms with Crippen molar-refractivity contribution in [2.75, 3.05) is 0 Å². The first-order valence-corrected chi connectivity index (χ1v) is 16.7. The molecule has 1 heteroatoms. The molecule has 1 aliphatic rings. The third-order valence-electron chi connectivity index (χ3n) is 9.53. The van der Waals surface area contributed by atoms with Gasteiger partial charge in [0, 0.05) is 16.5 Å². The molecule has 5 aromatic carbocycles. The van der Waals surface area contributed by atoms with E-state index in [1.807, 2.05) is 13.0 Å². The molecule has 0 N–H and O–H groups in total. The predicted octanol–water partition coefficient (Wildman–Crippen LogP) is 11.5. The van der Waals surface area contributed by atoms with Gasteiger partial charge in [0.1, 0.15) is 11.3 Å². The Morgan fingerprint density at radius 2 is 1.33 bits per heavy atom. The second kappa shape index (κ2) is 13.1. The third-order valence-corrected chi connectivity index (χ3v) is 9.53. The van der Waals surface area contributed by atoms with Gasteiger partial charge in [-0.15, -0.1) is 6.42 Å². The van der Waals surface area contributed by atoms with E-state index in [0.717, 1.165) is 51.8 Å². The maximum atomic E-state index is 6.63. The summed E-state index contributed by atoms with van der Waals surface area (Å²) in [5.74, 6) is 3.73. The minimum atomic E-state index is 0.791. The average Bonchev–Trinajstić information content (AvgIpc) is 3.70. The van der Waals surface area contributed by atoms with E-state index in [4.69, 9.17) is 10.8 Å². The molecule has 0 saturated heterocycles. The van der Waals surface area contributed by atoms with Gasteiger partial charge in [0.2, 0.25) is 0 Å². The second-order valence-corrected chi connectivity index (χ2v) is 12.1. The molecule has 0 unspecified atom stereocenters. The average molecular weight is 619 g/mol. The lowest BCUT2D eigenvalue weighted by molar-refractivity contribution is 0.603. The van der Waals surface area contributed by atoms with E-state index >= 15 is 0 Å². The number of rotatable bonds is 6. The smallest absolute Gasteiger partial charge is 0.136 e. The molecule has 0 atom stereocenters. The van der Waals surface area contributed by atoms with Crippen LogP contribution in [0.25, 0.3) is 79.4 Å². The van der Waals surface area contributed by atoms with Crippen LogP contribution in [0.2, 0.25) is 0 Å². The van der Waals surface area contributed by atoms with Gasteiger partial charge >= 0.3 is 0 Å². The number of terminal acetylenes is 1. The van der Waals surface area contributed by atoms with Gasteiger partial charge in [0.25, 0.3) is 0 Å². The third kappa shape index (κ3) is 5.07. The molecule has 1 aliphatic carbocycles. The maximum absolute atomic E-state index is 6.63. The van der Waals surface area contributed by atoms with Crippen LogP contribution in [0.4, 0.5) is 0 Å². The summed E-state index contributed by atoms with van der Waals surface area (Å²) in [5, 5.41) is 5.88. The van der Waals surface area contributed by atoms with Gasteiger partial charge in [-0.25, -0.2) is 0 Å². The van der Waals surface area contributed by atoms with Gasteiger partial charge in [0.05, 0.1) is 0 Å². The van der Waals surface area contributed by atoms with E-state index in [2.05, 4.69) is 154 Å². The van der Waals surface area contributed by atoms with E-state index in [1.165, 1.54) is 54.6 Å². The van der Waals surface area contributed by atoms with Crippen LogP contribution in [0.3, 0.4) is 0 Å². The highest BCUT2D eigenvalue weighted by atomic mass is 16.3. The fraction of sp³-hybridized carbons (Fsp3) is 0.106. The van der Waals surface area contributed by atoms with Crippen molar-refractivity contribution in [3.05, 3.63) is 154 Å². The summed E-state index contributed by atoms with van der Waals surface area (Å²) >= 11 is 0. The molecular formula is C47H38O. The lowest BCUT2D eigenvalue weighted by Gasteiger charge is -2.18. The molecule has 1 heterocycles. The zero-order chi connectivity index (χ0) is 33.2. The summed E-state index contributed by atoms with van der Waals surface area (Å²) in [4.78, 5) is 0. The van der Waals surface area contributed by atoms with Crippen molar-refractivity contribution in [3.8, 4) is 45.7 Å². The van der Waals surface area contributed by atoms with Crippen LogP contribution >= 0.6 is 0 Å². The molecule has 1 nitrogen and oxygen atoms in total. The van der Waals surface area contributed by atoms with Crippen LogP contribution in [0, 0.1) is 12.3 Å². The van der Waals surface area contributed by atoms with Gasteiger partial charge in [-0.1, -0.05) is 134 Å². The Kier molecular flexibility index (Phi) is 8.41. The number of hydrogen-bond donors (Lipinski definition) is 0.